The first kappa shape index (κ1) is 20.4. The number of carbonyl (C=O) groups excluding carboxylic acids is 1. The Morgan fingerprint density at radius 1 is 1.10 bits per heavy atom. The van der Waals surface area contributed by atoms with Gasteiger partial charge in [-0.1, -0.05) is 24.3 Å². The summed E-state index contributed by atoms with van der Waals surface area (Å²) in [6.07, 6.45) is 2.56. The zero-order valence-corrected chi connectivity index (χ0v) is 16.5. The topological polar surface area (TPSA) is 48.4 Å². The molecule has 3 rings (SSSR count). The standard InChI is InChI=1S/C22H17F2NO3S/c1-27-12-18(22(26)28-2)17-6-4-3-5-15(17)11-19(24)21-25-20(13-29-21)14-7-9-16(23)10-8-14/h3-13H,1-2H3. The highest BCUT2D eigenvalue weighted by molar-refractivity contribution is 7.11. The van der Waals surface area contributed by atoms with Crippen LogP contribution in [0.4, 0.5) is 8.78 Å². The summed E-state index contributed by atoms with van der Waals surface area (Å²) in [6.45, 7) is 0. The Bertz CT molecular complexity index is 1070. The molecule has 1 heterocycles. The smallest absolute Gasteiger partial charge is 0.341 e. The lowest BCUT2D eigenvalue weighted by Crippen LogP contribution is -2.05. The number of methoxy groups -OCH3 is 2. The van der Waals surface area contributed by atoms with Crippen LogP contribution < -0.4 is 0 Å². The molecular weight excluding hydrogens is 396 g/mol. The zero-order valence-electron chi connectivity index (χ0n) is 15.7. The van der Waals surface area contributed by atoms with E-state index in [4.69, 9.17) is 9.47 Å². The van der Waals surface area contributed by atoms with Gasteiger partial charge in [0.1, 0.15) is 11.4 Å². The van der Waals surface area contributed by atoms with Gasteiger partial charge in [-0.2, -0.15) is 0 Å². The van der Waals surface area contributed by atoms with Crippen LogP contribution in [0.2, 0.25) is 0 Å². The molecule has 0 aliphatic carbocycles. The molecule has 0 unspecified atom stereocenters. The number of ether oxygens (including phenoxy) is 2. The molecule has 29 heavy (non-hydrogen) atoms. The zero-order chi connectivity index (χ0) is 20.8. The molecule has 0 radical (unpaired) electrons. The molecule has 0 fully saturated rings. The average molecular weight is 413 g/mol. The number of nitrogens with zero attached hydrogens (tertiary/aromatic N) is 1. The van der Waals surface area contributed by atoms with Crippen LogP contribution >= 0.6 is 11.3 Å². The fourth-order valence-corrected chi connectivity index (χ4v) is 3.39. The minimum atomic E-state index is -0.596. The van der Waals surface area contributed by atoms with Crippen molar-refractivity contribution in [1.29, 1.82) is 0 Å². The molecule has 0 aliphatic rings. The molecule has 3 aromatic rings. The number of halogens is 2. The van der Waals surface area contributed by atoms with Crippen LogP contribution in [0.15, 0.2) is 60.2 Å². The first-order valence-corrected chi connectivity index (χ1v) is 9.41. The predicted octanol–water partition coefficient (Wildman–Crippen LogP) is 5.58. The summed E-state index contributed by atoms with van der Waals surface area (Å²) in [6, 6.07) is 12.6. The van der Waals surface area contributed by atoms with Crippen molar-refractivity contribution in [2.75, 3.05) is 14.2 Å². The van der Waals surface area contributed by atoms with E-state index in [2.05, 4.69) is 4.98 Å². The van der Waals surface area contributed by atoms with Crippen LogP contribution in [-0.2, 0) is 14.3 Å². The van der Waals surface area contributed by atoms with Gasteiger partial charge in [-0.3, -0.25) is 0 Å². The van der Waals surface area contributed by atoms with Crippen LogP contribution in [0.3, 0.4) is 0 Å². The lowest BCUT2D eigenvalue weighted by atomic mass is 10.00. The highest BCUT2D eigenvalue weighted by atomic mass is 32.1. The summed E-state index contributed by atoms with van der Waals surface area (Å²) in [5, 5.41) is 1.88. The van der Waals surface area contributed by atoms with Gasteiger partial charge in [-0.25, -0.2) is 18.6 Å². The first-order chi connectivity index (χ1) is 14.0. The molecule has 0 saturated heterocycles. The van der Waals surface area contributed by atoms with E-state index < -0.39 is 11.8 Å². The number of hydrogen-bond acceptors (Lipinski definition) is 5. The molecule has 148 valence electrons. The second kappa shape index (κ2) is 9.25. The first-order valence-electron chi connectivity index (χ1n) is 8.53. The number of esters is 1. The highest BCUT2D eigenvalue weighted by Crippen LogP contribution is 2.30. The van der Waals surface area contributed by atoms with E-state index in [0.717, 1.165) is 11.3 Å². The fourth-order valence-electron chi connectivity index (χ4n) is 2.65. The molecule has 4 nitrogen and oxygen atoms in total. The summed E-state index contributed by atoms with van der Waals surface area (Å²) >= 11 is 1.13. The predicted molar refractivity (Wildman–Crippen MR) is 110 cm³/mol. The van der Waals surface area contributed by atoms with Gasteiger partial charge in [0.2, 0.25) is 0 Å². The maximum absolute atomic E-state index is 14.9. The number of thiazole rings is 1. The molecule has 0 atom stereocenters. The van der Waals surface area contributed by atoms with Crippen molar-refractivity contribution < 1.29 is 23.0 Å². The van der Waals surface area contributed by atoms with E-state index in [1.807, 2.05) is 0 Å². The van der Waals surface area contributed by atoms with Gasteiger partial charge in [-0.15, -0.1) is 11.3 Å². The third kappa shape index (κ3) is 4.75. The normalized spacial score (nSPS) is 12.0. The Morgan fingerprint density at radius 3 is 2.52 bits per heavy atom. The largest absolute Gasteiger partial charge is 0.503 e. The maximum Gasteiger partial charge on any atom is 0.341 e. The van der Waals surface area contributed by atoms with E-state index in [1.54, 1.807) is 41.8 Å². The van der Waals surface area contributed by atoms with Gasteiger partial charge in [-0.05, 0) is 41.5 Å². The van der Waals surface area contributed by atoms with Gasteiger partial charge in [0.05, 0.1) is 26.2 Å². The number of rotatable bonds is 6. The van der Waals surface area contributed by atoms with Crippen LogP contribution in [0.1, 0.15) is 16.1 Å². The van der Waals surface area contributed by atoms with Crippen molar-refractivity contribution in [1.82, 2.24) is 4.98 Å². The van der Waals surface area contributed by atoms with Crippen molar-refractivity contribution in [3.8, 4) is 11.3 Å². The summed E-state index contributed by atoms with van der Waals surface area (Å²) in [5.41, 5.74) is 2.35. The number of carbonyl (C=O) groups is 1. The molecule has 7 heteroatoms. The van der Waals surface area contributed by atoms with Crippen LogP contribution in [0, 0.1) is 5.82 Å². The highest BCUT2D eigenvalue weighted by Gasteiger charge is 2.17. The fraction of sp³-hybridized carbons (Fsp3) is 0.0909. The van der Waals surface area contributed by atoms with Gasteiger partial charge >= 0.3 is 5.97 Å². The molecule has 0 amide bonds. The van der Waals surface area contributed by atoms with Crippen molar-refractivity contribution in [3.05, 3.63) is 82.1 Å². The number of aromatic nitrogens is 1. The van der Waals surface area contributed by atoms with Crippen molar-refractivity contribution in [3.63, 3.8) is 0 Å². The lowest BCUT2D eigenvalue weighted by Gasteiger charge is -2.09. The molecule has 0 spiro atoms. The molecule has 1 aromatic heterocycles. The third-order valence-electron chi connectivity index (χ3n) is 4.02. The Morgan fingerprint density at radius 2 is 1.83 bits per heavy atom. The molecule has 0 saturated carbocycles. The molecule has 0 bridgehead atoms. The van der Waals surface area contributed by atoms with E-state index in [9.17, 15) is 13.6 Å². The molecule has 0 N–H and O–H groups in total. The van der Waals surface area contributed by atoms with E-state index in [0.29, 0.717) is 22.4 Å². The second-order valence-electron chi connectivity index (χ2n) is 5.88. The Hall–Kier alpha value is -3.32. The van der Waals surface area contributed by atoms with Crippen LogP contribution in [0.5, 0.6) is 0 Å². The van der Waals surface area contributed by atoms with Gasteiger partial charge in [0.25, 0.3) is 0 Å². The van der Waals surface area contributed by atoms with Crippen molar-refractivity contribution in [2.45, 2.75) is 0 Å². The lowest BCUT2D eigenvalue weighted by molar-refractivity contribution is -0.133. The number of benzene rings is 2. The molecule has 0 aliphatic heterocycles. The minimum absolute atomic E-state index is 0.167. The summed E-state index contributed by atoms with van der Waals surface area (Å²) in [7, 11) is 2.67. The maximum atomic E-state index is 14.9. The van der Waals surface area contributed by atoms with E-state index >= 15 is 0 Å². The average Bonchev–Trinajstić information content (AvgIpc) is 3.23. The summed E-state index contributed by atoms with van der Waals surface area (Å²) < 4.78 is 37.8. The van der Waals surface area contributed by atoms with E-state index in [-0.39, 0.29) is 16.4 Å². The minimum Gasteiger partial charge on any atom is -0.503 e. The Kier molecular flexibility index (Phi) is 6.51. The summed E-state index contributed by atoms with van der Waals surface area (Å²) in [5.74, 6) is -1.50. The van der Waals surface area contributed by atoms with Crippen LogP contribution in [-0.4, -0.2) is 25.2 Å². The third-order valence-corrected chi connectivity index (χ3v) is 4.87. The van der Waals surface area contributed by atoms with E-state index in [1.165, 1.54) is 38.7 Å². The second-order valence-corrected chi connectivity index (χ2v) is 6.74. The van der Waals surface area contributed by atoms with Gasteiger partial charge in [0, 0.05) is 10.9 Å². The molecular formula is C22H17F2NO3S. The van der Waals surface area contributed by atoms with Gasteiger partial charge < -0.3 is 9.47 Å². The Labute approximate surface area is 170 Å². The Balaban J connectivity index is 1.96. The SMILES string of the molecule is COC=C(C(=O)OC)c1ccccc1C=C(F)c1nc(-c2ccc(F)cc2)cs1. The summed E-state index contributed by atoms with van der Waals surface area (Å²) in [4.78, 5) is 16.4. The van der Waals surface area contributed by atoms with Gasteiger partial charge in [0.15, 0.2) is 10.8 Å². The van der Waals surface area contributed by atoms with Crippen molar-refractivity contribution in [2.24, 2.45) is 0 Å². The van der Waals surface area contributed by atoms with Crippen molar-refractivity contribution >= 4 is 34.8 Å². The quantitative estimate of drug-likeness (QED) is 0.301. The molecule has 2 aromatic carbocycles. The van der Waals surface area contributed by atoms with Crippen LogP contribution in [0.25, 0.3) is 28.7 Å². The monoisotopic (exact) mass is 413 g/mol. The number of hydrogen-bond donors (Lipinski definition) is 0.